The van der Waals surface area contributed by atoms with E-state index in [0.29, 0.717) is 0 Å². The predicted octanol–water partition coefficient (Wildman–Crippen LogP) is 2.83. The van der Waals surface area contributed by atoms with Crippen molar-refractivity contribution in [1.29, 1.82) is 0 Å². The minimum absolute atomic E-state index is 0.0494. The van der Waals surface area contributed by atoms with E-state index >= 15 is 0 Å². The molecule has 0 aromatic rings. The third-order valence-corrected chi connectivity index (χ3v) is 5.09. The van der Waals surface area contributed by atoms with Gasteiger partial charge in [0.2, 0.25) is 0 Å². The molecule has 2 bridgehead atoms. The van der Waals surface area contributed by atoms with Crippen LogP contribution in [0.5, 0.6) is 0 Å². The highest BCUT2D eigenvalue weighted by Gasteiger charge is 2.66. The normalized spacial score (nSPS) is 50.6. The van der Waals surface area contributed by atoms with E-state index in [9.17, 15) is 5.11 Å². The van der Waals surface area contributed by atoms with Gasteiger partial charge in [0.05, 0.1) is 6.10 Å². The SMILES string of the molecule is CCCCC(O)C1C2C3CCC(C3)C12. The Hall–Kier alpha value is -0.0400. The van der Waals surface area contributed by atoms with Crippen molar-refractivity contribution < 1.29 is 5.11 Å². The Morgan fingerprint density at radius 3 is 2.43 bits per heavy atom. The van der Waals surface area contributed by atoms with Gasteiger partial charge >= 0.3 is 0 Å². The Bertz CT molecular complexity index is 209. The van der Waals surface area contributed by atoms with Crippen LogP contribution in [0.3, 0.4) is 0 Å². The first-order valence-electron chi connectivity index (χ1n) is 6.51. The Labute approximate surface area is 86.9 Å². The molecule has 0 spiro atoms. The number of fused-ring (bicyclic) bond motifs is 5. The van der Waals surface area contributed by atoms with Crippen molar-refractivity contribution in [2.75, 3.05) is 0 Å². The van der Waals surface area contributed by atoms with Gasteiger partial charge in [-0.3, -0.25) is 0 Å². The van der Waals surface area contributed by atoms with E-state index < -0.39 is 0 Å². The van der Waals surface area contributed by atoms with Crippen LogP contribution >= 0.6 is 0 Å². The molecule has 0 heterocycles. The van der Waals surface area contributed by atoms with Gasteiger partial charge in [-0.1, -0.05) is 19.8 Å². The van der Waals surface area contributed by atoms with E-state index in [1.165, 1.54) is 32.1 Å². The molecule has 80 valence electrons. The highest BCUT2D eigenvalue weighted by Crippen LogP contribution is 2.70. The van der Waals surface area contributed by atoms with Crippen LogP contribution in [0.2, 0.25) is 0 Å². The average Bonchev–Trinajstić information content (AvgIpc) is 2.64. The van der Waals surface area contributed by atoms with E-state index in [2.05, 4.69) is 6.92 Å². The molecule has 1 nitrogen and oxygen atoms in total. The van der Waals surface area contributed by atoms with Gasteiger partial charge in [0.15, 0.2) is 0 Å². The van der Waals surface area contributed by atoms with Gasteiger partial charge in [-0.25, -0.2) is 0 Å². The summed E-state index contributed by atoms with van der Waals surface area (Å²) < 4.78 is 0. The minimum Gasteiger partial charge on any atom is -0.393 e. The van der Waals surface area contributed by atoms with E-state index in [1.807, 2.05) is 0 Å². The molecule has 0 aromatic heterocycles. The van der Waals surface area contributed by atoms with Crippen LogP contribution in [0.1, 0.15) is 45.4 Å². The highest BCUT2D eigenvalue weighted by atomic mass is 16.3. The summed E-state index contributed by atoms with van der Waals surface area (Å²) in [7, 11) is 0. The summed E-state index contributed by atoms with van der Waals surface area (Å²) in [5.41, 5.74) is 0. The fraction of sp³-hybridized carbons (Fsp3) is 1.00. The lowest BCUT2D eigenvalue weighted by Gasteiger charge is -2.14. The fourth-order valence-corrected chi connectivity index (χ4v) is 4.51. The number of unbranched alkanes of at least 4 members (excludes halogenated alkanes) is 1. The van der Waals surface area contributed by atoms with Crippen LogP contribution < -0.4 is 0 Å². The summed E-state index contributed by atoms with van der Waals surface area (Å²) in [6, 6.07) is 0. The van der Waals surface area contributed by atoms with Crippen LogP contribution in [0.15, 0.2) is 0 Å². The molecule has 14 heavy (non-hydrogen) atoms. The molecule has 3 fully saturated rings. The Morgan fingerprint density at radius 2 is 1.86 bits per heavy atom. The Balaban J connectivity index is 1.57. The second-order valence-electron chi connectivity index (χ2n) is 5.77. The summed E-state index contributed by atoms with van der Waals surface area (Å²) in [4.78, 5) is 0. The molecule has 3 saturated carbocycles. The molecule has 0 radical (unpaired) electrons. The quantitative estimate of drug-likeness (QED) is 0.729. The summed E-state index contributed by atoms with van der Waals surface area (Å²) >= 11 is 0. The summed E-state index contributed by atoms with van der Waals surface area (Å²) in [5, 5.41) is 10.1. The smallest absolute Gasteiger partial charge is 0.0574 e. The predicted molar refractivity (Wildman–Crippen MR) is 56.8 cm³/mol. The van der Waals surface area contributed by atoms with Crippen LogP contribution in [0.4, 0.5) is 0 Å². The molecule has 0 amide bonds. The highest BCUT2D eigenvalue weighted by molar-refractivity contribution is 5.14. The van der Waals surface area contributed by atoms with Gasteiger partial charge in [0, 0.05) is 0 Å². The molecule has 0 aliphatic heterocycles. The maximum atomic E-state index is 10.1. The third kappa shape index (κ3) is 1.18. The molecular weight excluding hydrogens is 172 g/mol. The van der Waals surface area contributed by atoms with Crippen LogP contribution in [-0.4, -0.2) is 11.2 Å². The topological polar surface area (TPSA) is 20.2 Å². The van der Waals surface area contributed by atoms with Crippen molar-refractivity contribution in [3.8, 4) is 0 Å². The summed E-state index contributed by atoms with van der Waals surface area (Å²) in [5.74, 6) is 4.69. The van der Waals surface area contributed by atoms with Crippen LogP contribution in [0.25, 0.3) is 0 Å². The standard InChI is InChI=1S/C13H22O/c1-2-3-4-10(14)13-11-8-5-6-9(7-8)12(11)13/h8-14H,2-7H2,1H3. The zero-order chi connectivity index (χ0) is 9.71. The van der Waals surface area contributed by atoms with Gasteiger partial charge in [-0.2, -0.15) is 0 Å². The van der Waals surface area contributed by atoms with Crippen molar-refractivity contribution in [2.24, 2.45) is 29.6 Å². The van der Waals surface area contributed by atoms with Gasteiger partial charge < -0.3 is 5.11 Å². The van der Waals surface area contributed by atoms with E-state index in [0.717, 1.165) is 36.0 Å². The van der Waals surface area contributed by atoms with E-state index in [4.69, 9.17) is 0 Å². The summed E-state index contributed by atoms with van der Waals surface area (Å²) in [6.45, 7) is 2.21. The second-order valence-corrected chi connectivity index (χ2v) is 5.77. The van der Waals surface area contributed by atoms with E-state index in [1.54, 1.807) is 0 Å². The second kappa shape index (κ2) is 3.23. The van der Waals surface area contributed by atoms with Crippen molar-refractivity contribution in [3.05, 3.63) is 0 Å². The van der Waals surface area contributed by atoms with Gasteiger partial charge in [-0.15, -0.1) is 0 Å². The van der Waals surface area contributed by atoms with Gasteiger partial charge in [0.1, 0.15) is 0 Å². The molecule has 5 unspecified atom stereocenters. The van der Waals surface area contributed by atoms with Crippen LogP contribution in [0, 0.1) is 29.6 Å². The average molecular weight is 194 g/mol. The van der Waals surface area contributed by atoms with Gasteiger partial charge in [0.25, 0.3) is 0 Å². The van der Waals surface area contributed by atoms with Gasteiger partial charge in [-0.05, 0) is 55.3 Å². The zero-order valence-electron chi connectivity index (χ0n) is 9.15. The molecule has 1 N–H and O–H groups in total. The lowest BCUT2D eigenvalue weighted by atomic mass is 9.96. The molecule has 5 atom stereocenters. The fourth-order valence-electron chi connectivity index (χ4n) is 4.51. The Morgan fingerprint density at radius 1 is 1.21 bits per heavy atom. The lowest BCUT2D eigenvalue weighted by Crippen LogP contribution is -2.15. The first kappa shape index (κ1) is 9.21. The molecule has 3 aliphatic rings. The molecule has 3 aliphatic carbocycles. The van der Waals surface area contributed by atoms with Crippen molar-refractivity contribution >= 4 is 0 Å². The van der Waals surface area contributed by atoms with Crippen molar-refractivity contribution in [2.45, 2.75) is 51.6 Å². The van der Waals surface area contributed by atoms with Crippen LogP contribution in [-0.2, 0) is 0 Å². The van der Waals surface area contributed by atoms with Crippen molar-refractivity contribution in [1.82, 2.24) is 0 Å². The first-order valence-corrected chi connectivity index (χ1v) is 6.51. The molecule has 0 aromatic carbocycles. The Kier molecular flexibility index (Phi) is 2.12. The van der Waals surface area contributed by atoms with Crippen molar-refractivity contribution in [3.63, 3.8) is 0 Å². The summed E-state index contributed by atoms with van der Waals surface area (Å²) in [6.07, 6.45) is 8.01. The number of rotatable bonds is 4. The largest absolute Gasteiger partial charge is 0.393 e. The number of aliphatic hydroxyl groups is 1. The lowest BCUT2D eigenvalue weighted by molar-refractivity contribution is 0.117. The monoisotopic (exact) mass is 194 g/mol. The number of hydrogen-bond donors (Lipinski definition) is 1. The molecule has 1 heteroatoms. The minimum atomic E-state index is 0.0494. The maximum Gasteiger partial charge on any atom is 0.0574 e. The number of hydrogen-bond acceptors (Lipinski definition) is 1. The first-order chi connectivity index (χ1) is 6.83. The maximum absolute atomic E-state index is 10.1. The molecular formula is C13H22O. The molecule has 3 rings (SSSR count). The molecule has 0 saturated heterocycles. The number of aliphatic hydroxyl groups excluding tert-OH is 1. The third-order valence-electron chi connectivity index (χ3n) is 5.09. The van der Waals surface area contributed by atoms with E-state index in [-0.39, 0.29) is 6.10 Å². The zero-order valence-corrected chi connectivity index (χ0v) is 9.15.